The lowest BCUT2D eigenvalue weighted by Gasteiger charge is -2.26. The molecule has 1 aliphatic heterocycles. The number of amides is 2. The number of nitrogens with zero attached hydrogens (tertiary/aromatic N) is 1. The van der Waals surface area contributed by atoms with Crippen LogP contribution in [0, 0.1) is 5.92 Å². The van der Waals surface area contributed by atoms with Gasteiger partial charge >= 0.3 is 12.0 Å². The van der Waals surface area contributed by atoms with Crippen molar-refractivity contribution < 1.29 is 24.2 Å². The molecule has 0 aromatic carbocycles. The van der Waals surface area contributed by atoms with Crippen molar-refractivity contribution in [2.45, 2.75) is 13.0 Å². The van der Waals surface area contributed by atoms with Crippen LogP contribution >= 0.6 is 0 Å². The van der Waals surface area contributed by atoms with Crippen LogP contribution in [-0.2, 0) is 14.3 Å². The Morgan fingerprint density at radius 2 is 2.20 bits per heavy atom. The molecule has 7 heteroatoms. The molecule has 2 amide bonds. The first-order chi connectivity index (χ1) is 9.43. The number of rotatable bonds is 7. The number of hydrogen-bond acceptors (Lipinski definition) is 4. The minimum atomic E-state index is -0.947. The summed E-state index contributed by atoms with van der Waals surface area (Å²) in [5.41, 5.74) is 0.917. The van der Waals surface area contributed by atoms with Crippen LogP contribution in [0.5, 0.6) is 0 Å². The molecular formula is C13H22N2O5. The van der Waals surface area contributed by atoms with Crippen molar-refractivity contribution in [1.82, 2.24) is 10.2 Å². The van der Waals surface area contributed by atoms with Crippen LogP contribution in [0.25, 0.3) is 0 Å². The van der Waals surface area contributed by atoms with Gasteiger partial charge in [-0.1, -0.05) is 12.2 Å². The molecule has 0 spiro atoms. The van der Waals surface area contributed by atoms with Crippen LogP contribution < -0.4 is 5.32 Å². The number of nitrogens with one attached hydrogen (secondary N) is 1. The Kier molecular flexibility index (Phi) is 6.47. The Morgan fingerprint density at radius 1 is 1.50 bits per heavy atom. The van der Waals surface area contributed by atoms with Gasteiger partial charge in [0.05, 0.1) is 32.5 Å². The zero-order valence-corrected chi connectivity index (χ0v) is 11.9. The van der Waals surface area contributed by atoms with Crippen molar-refractivity contribution in [3.8, 4) is 0 Å². The van der Waals surface area contributed by atoms with E-state index >= 15 is 0 Å². The number of ether oxygens (including phenoxy) is 2. The molecule has 0 bridgehead atoms. The third-order valence-electron chi connectivity index (χ3n) is 3.06. The second-order valence-electron chi connectivity index (χ2n) is 4.90. The van der Waals surface area contributed by atoms with Crippen molar-refractivity contribution in [1.29, 1.82) is 0 Å². The summed E-state index contributed by atoms with van der Waals surface area (Å²) in [6.45, 7) is 7.15. The molecule has 20 heavy (non-hydrogen) atoms. The van der Waals surface area contributed by atoms with Crippen molar-refractivity contribution in [2.24, 2.45) is 5.92 Å². The zero-order chi connectivity index (χ0) is 15.1. The second kappa shape index (κ2) is 7.86. The van der Waals surface area contributed by atoms with Gasteiger partial charge in [0.15, 0.2) is 0 Å². The number of carboxylic acids is 1. The lowest BCUT2D eigenvalue weighted by molar-refractivity contribution is -0.142. The van der Waals surface area contributed by atoms with Crippen molar-refractivity contribution in [3.05, 3.63) is 12.2 Å². The smallest absolute Gasteiger partial charge is 0.317 e. The monoisotopic (exact) mass is 286 g/mol. The van der Waals surface area contributed by atoms with Gasteiger partial charge in [-0.25, -0.2) is 4.79 Å². The molecule has 0 aliphatic carbocycles. The predicted molar refractivity (Wildman–Crippen MR) is 72.5 cm³/mol. The molecule has 2 N–H and O–H groups in total. The summed E-state index contributed by atoms with van der Waals surface area (Å²) in [7, 11) is 1.57. The van der Waals surface area contributed by atoms with Crippen molar-refractivity contribution >= 4 is 12.0 Å². The lowest BCUT2D eigenvalue weighted by Crippen LogP contribution is -2.48. The summed E-state index contributed by atoms with van der Waals surface area (Å²) >= 11 is 0. The fourth-order valence-electron chi connectivity index (χ4n) is 1.91. The van der Waals surface area contributed by atoms with Crippen LogP contribution in [0.1, 0.15) is 6.92 Å². The van der Waals surface area contributed by atoms with E-state index in [2.05, 4.69) is 11.9 Å². The molecule has 114 valence electrons. The fourth-order valence-corrected chi connectivity index (χ4v) is 1.91. The standard InChI is InChI=1S/C13H22N2O5/c1-9(2)6-19-5-4-14-13(18)15(3)11-8-20-7-10(11)12(16)17/h10-11H,1,4-8H2,2-3H3,(H,14,18)(H,16,17). The van der Waals surface area contributed by atoms with E-state index in [0.29, 0.717) is 19.8 Å². The summed E-state index contributed by atoms with van der Waals surface area (Å²) < 4.78 is 10.4. The third kappa shape index (κ3) is 4.82. The minimum absolute atomic E-state index is 0.138. The average Bonchev–Trinajstić information content (AvgIpc) is 2.86. The number of urea groups is 1. The largest absolute Gasteiger partial charge is 0.481 e. The number of carbonyl (C=O) groups is 2. The molecule has 2 unspecified atom stereocenters. The number of aliphatic carboxylic acids is 1. The van der Waals surface area contributed by atoms with Gasteiger partial charge in [0.2, 0.25) is 0 Å². The normalized spacial score (nSPS) is 21.5. The average molecular weight is 286 g/mol. The molecule has 1 fully saturated rings. The molecule has 0 saturated carbocycles. The third-order valence-corrected chi connectivity index (χ3v) is 3.06. The van der Waals surface area contributed by atoms with Crippen LogP contribution in [0.2, 0.25) is 0 Å². The Hall–Kier alpha value is -1.60. The molecule has 1 saturated heterocycles. The van der Waals surface area contributed by atoms with Crippen molar-refractivity contribution in [2.75, 3.05) is 40.0 Å². The van der Waals surface area contributed by atoms with E-state index in [4.69, 9.17) is 14.6 Å². The quantitative estimate of drug-likeness (QED) is 0.520. The SMILES string of the molecule is C=C(C)COCCNC(=O)N(C)C1COCC1C(=O)O. The van der Waals surface area contributed by atoms with E-state index in [1.165, 1.54) is 4.90 Å². The topological polar surface area (TPSA) is 88.1 Å². The summed E-state index contributed by atoms with van der Waals surface area (Å²) in [6.07, 6.45) is 0. The highest BCUT2D eigenvalue weighted by atomic mass is 16.5. The van der Waals surface area contributed by atoms with Gasteiger partial charge in [-0.05, 0) is 6.92 Å². The fraction of sp³-hybridized carbons (Fsp3) is 0.692. The first-order valence-corrected chi connectivity index (χ1v) is 6.46. The van der Waals surface area contributed by atoms with E-state index in [9.17, 15) is 9.59 Å². The highest BCUT2D eigenvalue weighted by molar-refractivity contribution is 5.77. The van der Waals surface area contributed by atoms with E-state index < -0.39 is 17.9 Å². The molecular weight excluding hydrogens is 264 g/mol. The molecule has 1 rings (SSSR count). The molecule has 1 aliphatic rings. The summed E-state index contributed by atoms with van der Waals surface area (Å²) in [5, 5.41) is 11.7. The van der Waals surface area contributed by atoms with Gasteiger partial charge in [0.25, 0.3) is 0 Å². The second-order valence-corrected chi connectivity index (χ2v) is 4.90. The number of likely N-dealkylation sites (N-methyl/N-ethyl adjacent to an activating group) is 1. The highest BCUT2D eigenvalue weighted by Crippen LogP contribution is 2.18. The lowest BCUT2D eigenvalue weighted by atomic mass is 10.0. The number of hydrogen-bond donors (Lipinski definition) is 2. The van der Waals surface area contributed by atoms with Gasteiger partial charge < -0.3 is 24.8 Å². The predicted octanol–water partition coefficient (Wildman–Crippen LogP) is 0.320. The van der Waals surface area contributed by atoms with Gasteiger partial charge in [0, 0.05) is 13.6 Å². The number of carboxylic acid groups (broad SMARTS) is 1. The Balaban J connectivity index is 2.31. The van der Waals surface area contributed by atoms with Gasteiger partial charge in [-0.2, -0.15) is 0 Å². The Labute approximate surface area is 118 Å². The van der Waals surface area contributed by atoms with E-state index in [0.717, 1.165) is 5.57 Å². The van der Waals surface area contributed by atoms with Gasteiger partial charge in [0.1, 0.15) is 5.92 Å². The molecule has 0 radical (unpaired) electrons. The van der Waals surface area contributed by atoms with Gasteiger partial charge in [-0.15, -0.1) is 0 Å². The molecule has 0 aromatic rings. The Morgan fingerprint density at radius 3 is 2.80 bits per heavy atom. The maximum absolute atomic E-state index is 11.9. The van der Waals surface area contributed by atoms with E-state index in [-0.39, 0.29) is 19.2 Å². The van der Waals surface area contributed by atoms with Gasteiger partial charge in [-0.3, -0.25) is 4.79 Å². The van der Waals surface area contributed by atoms with E-state index in [1.54, 1.807) is 7.05 Å². The maximum atomic E-state index is 11.9. The maximum Gasteiger partial charge on any atom is 0.317 e. The number of carbonyl (C=O) groups excluding carboxylic acids is 1. The minimum Gasteiger partial charge on any atom is -0.481 e. The van der Waals surface area contributed by atoms with Crippen LogP contribution in [0.4, 0.5) is 4.79 Å². The summed E-state index contributed by atoms with van der Waals surface area (Å²) in [5.74, 6) is -1.62. The van der Waals surface area contributed by atoms with Crippen LogP contribution in [-0.4, -0.2) is 68.1 Å². The molecule has 1 heterocycles. The Bertz CT molecular complexity index is 372. The van der Waals surface area contributed by atoms with Crippen LogP contribution in [0.15, 0.2) is 12.2 Å². The molecule has 7 nitrogen and oxygen atoms in total. The zero-order valence-electron chi connectivity index (χ0n) is 11.9. The highest BCUT2D eigenvalue weighted by Gasteiger charge is 2.38. The molecule has 2 atom stereocenters. The molecule has 0 aromatic heterocycles. The van der Waals surface area contributed by atoms with E-state index in [1.807, 2.05) is 6.92 Å². The first kappa shape index (κ1) is 16.5. The van der Waals surface area contributed by atoms with Crippen LogP contribution in [0.3, 0.4) is 0 Å². The summed E-state index contributed by atoms with van der Waals surface area (Å²) in [4.78, 5) is 24.3. The first-order valence-electron chi connectivity index (χ1n) is 6.46. The summed E-state index contributed by atoms with van der Waals surface area (Å²) in [6, 6.07) is -0.769. The van der Waals surface area contributed by atoms with Crippen molar-refractivity contribution in [3.63, 3.8) is 0 Å².